The molecule has 0 aromatic heterocycles. The highest BCUT2D eigenvalue weighted by atomic mass is 35.5. The van der Waals surface area contributed by atoms with E-state index in [0.29, 0.717) is 19.5 Å². The second kappa shape index (κ2) is 10.9. The largest absolute Gasteiger partial charge is 0.444 e. The Bertz CT molecular complexity index is 568. The van der Waals surface area contributed by atoms with Crippen LogP contribution in [0.15, 0.2) is 0 Å². The van der Waals surface area contributed by atoms with Crippen LogP contribution >= 0.6 is 11.6 Å². The Morgan fingerprint density at radius 2 is 1.45 bits per heavy atom. The molecule has 9 nitrogen and oxygen atoms in total. The van der Waals surface area contributed by atoms with E-state index in [4.69, 9.17) is 21.1 Å². The molecule has 0 bridgehead atoms. The molecule has 0 aromatic carbocycles. The van der Waals surface area contributed by atoms with Gasteiger partial charge in [0, 0.05) is 25.7 Å². The number of nitrogens with one attached hydrogen (secondary N) is 3. The maximum absolute atomic E-state index is 11.4. The number of likely N-dealkylation sites (tertiary alicyclic amines) is 1. The molecule has 10 heteroatoms. The average Bonchev–Trinajstić information content (AvgIpc) is 3.15. The molecule has 168 valence electrons. The van der Waals surface area contributed by atoms with Crippen molar-refractivity contribution in [3.05, 3.63) is 0 Å². The van der Waals surface area contributed by atoms with Gasteiger partial charge in [-0.2, -0.15) is 0 Å². The van der Waals surface area contributed by atoms with E-state index in [1.807, 2.05) is 20.8 Å². The lowest BCUT2D eigenvalue weighted by Crippen LogP contribution is -2.40. The summed E-state index contributed by atoms with van der Waals surface area (Å²) in [6.45, 7) is 13.8. The Kier molecular flexibility index (Phi) is 9.48. The zero-order valence-corrected chi connectivity index (χ0v) is 19.0. The van der Waals surface area contributed by atoms with Crippen molar-refractivity contribution < 1.29 is 23.9 Å². The fourth-order valence-corrected chi connectivity index (χ4v) is 2.92. The molecular formula is C19H35ClN4O5. The highest BCUT2D eigenvalue weighted by molar-refractivity contribution is 6.62. The highest BCUT2D eigenvalue weighted by Gasteiger charge is 2.28. The van der Waals surface area contributed by atoms with Gasteiger partial charge in [-0.05, 0) is 72.5 Å². The van der Waals surface area contributed by atoms with Crippen LogP contribution in [0.3, 0.4) is 0 Å². The number of hydrogen-bond donors (Lipinski definition) is 3. The summed E-state index contributed by atoms with van der Waals surface area (Å²) in [7, 11) is 0. The smallest absolute Gasteiger partial charge is 0.407 e. The normalized spacial score (nSPS) is 21.7. The van der Waals surface area contributed by atoms with E-state index < -0.39 is 22.7 Å². The van der Waals surface area contributed by atoms with Crippen molar-refractivity contribution >= 4 is 29.2 Å². The van der Waals surface area contributed by atoms with Crippen molar-refractivity contribution in [2.45, 2.75) is 77.7 Å². The lowest BCUT2D eigenvalue weighted by atomic mass is 10.2. The highest BCUT2D eigenvalue weighted by Crippen LogP contribution is 2.13. The number of alkyl carbamates (subject to hydrolysis) is 2. The predicted octanol–water partition coefficient (Wildman–Crippen LogP) is 2.82. The van der Waals surface area contributed by atoms with Gasteiger partial charge in [0.25, 0.3) is 0 Å². The summed E-state index contributed by atoms with van der Waals surface area (Å²) < 4.78 is 10.2. The standard InChI is InChI=1S/C10H17ClN2O3.C9H18N2O2/c1-10(2,3)16-9(15)12-7-4-5-13(6-7)8(11)14;1-9(2,3)13-8(12)11-7-4-5-10-6-7/h7H,4-6H2,1-3H3,(H,12,15);7,10H,4-6H2,1-3H3,(H,11,12)/t2*7-/m11/s1. The van der Waals surface area contributed by atoms with Crippen LogP contribution in [0.4, 0.5) is 14.4 Å². The minimum Gasteiger partial charge on any atom is -0.444 e. The SMILES string of the molecule is CC(C)(C)OC(=O)N[C@@H]1CCN(C(=O)Cl)C1.CC(C)(C)OC(=O)N[C@@H]1CCNC1. The second-order valence-corrected chi connectivity index (χ2v) is 9.49. The molecule has 2 fully saturated rings. The summed E-state index contributed by atoms with van der Waals surface area (Å²) in [4.78, 5) is 35.0. The first kappa shape index (κ1) is 25.3. The van der Waals surface area contributed by atoms with Gasteiger partial charge in [-0.15, -0.1) is 0 Å². The molecule has 2 atom stereocenters. The summed E-state index contributed by atoms with van der Waals surface area (Å²) in [5.41, 5.74) is -0.916. The lowest BCUT2D eigenvalue weighted by Gasteiger charge is -2.21. The molecular weight excluding hydrogens is 400 g/mol. The van der Waals surface area contributed by atoms with E-state index >= 15 is 0 Å². The molecule has 3 amide bonds. The van der Waals surface area contributed by atoms with Crippen molar-refractivity contribution in [3.63, 3.8) is 0 Å². The van der Waals surface area contributed by atoms with E-state index in [1.54, 1.807) is 20.8 Å². The van der Waals surface area contributed by atoms with E-state index in [0.717, 1.165) is 19.5 Å². The summed E-state index contributed by atoms with van der Waals surface area (Å²) in [6, 6.07) is 0.160. The number of amides is 3. The van der Waals surface area contributed by atoms with Crippen LogP contribution in [0.1, 0.15) is 54.4 Å². The Labute approximate surface area is 178 Å². The van der Waals surface area contributed by atoms with Gasteiger partial charge < -0.3 is 30.3 Å². The fraction of sp³-hybridized carbons (Fsp3) is 0.842. The van der Waals surface area contributed by atoms with Crippen LogP contribution in [-0.2, 0) is 9.47 Å². The molecule has 0 aromatic rings. The molecule has 2 saturated heterocycles. The van der Waals surface area contributed by atoms with Crippen LogP contribution in [0, 0.1) is 0 Å². The van der Waals surface area contributed by atoms with Gasteiger partial charge in [0.1, 0.15) is 11.2 Å². The van der Waals surface area contributed by atoms with E-state index in [2.05, 4.69) is 16.0 Å². The van der Waals surface area contributed by atoms with Gasteiger partial charge in [-0.3, -0.25) is 4.79 Å². The summed E-state index contributed by atoms with van der Waals surface area (Å²) in [5, 5.41) is 8.21. The molecule has 2 heterocycles. The number of hydrogen-bond acceptors (Lipinski definition) is 6. The molecule has 0 aliphatic carbocycles. The summed E-state index contributed by atoms with van der Waals surface area (Å²) >= 11 is 5.34. The van der Waals surface area contributed by atoms with Crippen LogP contribution in [0.2, 0.25) is 0 Å². The van der Waals surface area contributed by atoms with Gasteiger partial charge >= 0.3 is 17.6 Å². The molecule has 3 N–H and O–H groups in total. The minimum atomic E-state index is -0.509. The van der Waals surface area contributed by atoms with Crippen molar-refractivity contribution in [1.82, 2.24) is 20.9 Å². The Hall–Kier alpha value is -1.74. The van der Waals surface area contributed by atoms with E-state index in [1.165, 1.54) is 4.90 Å². The number of rotatable bonds is 2. The second-order valence-electron chi connectivity index (χ2n) is 9.17. The lowest BCUT2D eigenvalue weighted by molar-refractivity contribution is 0.0495. The molecule has 0 radical (unpaired) electrons. The molecule has 0 unspecified atom stereocenters. The predicted molar refractivity (Wildman–Crippen MR) is 111 cm³/mol. The van der Waals surface area contributed by atoms with Crippen LogP contribution < -0.4 is 16.0 Å². The first-order valence-corrected chi connectivity index (χ1v) is 10.3. The average molecular weight is 435 g/mol. The van der Waals surface area contributed by atoms with Gasteiger partial charge in [-0.25, -0.2) is 9.59 Å². The summed E-state index contributed by atoms with van der Waals surface area (Å²) in [5.74, 6) is 0. The molecule has 2 aliphatic heterocycles. The Morgan fingerprint density at radius 3 is 1.83 bits per heavy atom. The molecule has 2 aliphatic rings. The van der Waals surface area contributed by atoms with Gasteiger partial charge in [0.05, 0.1) is 6.04 Å². The zero-order chi connectivity index (χ0) is 22.2. The fourth-order valence-electron chi connectivity index (χ4n) is 2.76. The number of carbonyl (C=O) groups excluding carboxylic acids is 3. The first-order chi connectivity index (χ1) is 13.2. The maximum Gasteiger partial charge on any atom is 0.407 e. The Morgan fingerprint density at radius 1 is 0.931 bits per heavy atom. The van der Waals surface area contributed by atoms with Crippen LogP contribution in [0.5, 0.6) is 0 Å². The molecule has 0 spiro atoms. The van der Waals surface area contributed by atoms with Crippen LogP contribution in [-0.4, -0.2) is 71.9 Å². The minimum absolute atomic E-state index is 0.0717. The van der Waals surface area contributed by atoms with Gasteiger partial charge in [0.2, 0.25) is 0 Å². The molecule has 29 heavy (non-hydrogen) atoms. The first-order valence-electron chi connectivity index (χ1n) is 9.89. The number of nitrogens with zero attached hydrogens (tertiary/aromatic N) is 1. The Balaban J connectivity index is 0.000000296. The van der Waals surface area contributed by atoms with E-state index in [-0.39, 0.29) is 18.2 Å². The molecule has 0 saturated carbocycles. The van der Waals surface area contributed by atoms with Gasteiger partial charge in [-0.1, -0.05) is 0 Å². The third-order valence-electron chi connectivity index (χ3n) is 3.94. The van der Waals surface area contributed by atoms with E-state index in [9.17, 15) is 14.4 Å². The molecule has 2 rings (SSSR count). The van der Waals surface area contributed by atoms with Crippen molar-refractivity contribution in [2.24, 2.45) is 0 Å². The monoisotopic (exact) mass is 434 g/mol. The maximum atomic E-state index is 11.4. The quantitative estimate of drug-likeness (QED) is 0.455. The van der Waals surface area contributed by atoms with Crippen LogP contribution in [0.25, 0.3) is 0 Å². The number of halogens is 1. The third-order valence-corrected chi connectivity index (χ3v) is 4.18. The van der Waals surface area contributed by atoms with Gasteiger partial charge in [0.15, 0.2) is 0 Å². The zero-order valence-electron chi connectivity index (χ0n) is 18.3. The summed E-state index contributed by atoms with van der Waals surface area (Å²) in [6.07, 6.45) is 0.916. The number of carbonyl (C=O) groups is 3. The topological polar surface area (TPSA) is 109 Å². The van der Waals surface area contributed by atoms with Crippen molar-refractivity contribution in [1.29, 1.82) is 0 Å². The third kappa shape index (κ3) is 11.8. The van der Waals surface area contributed by atoms with Crippen molar-refractivity contribution in [2.75, 3.05) is 26.2 Å². The van der Waals surface area contributed by atoms with Crippen molar-refractivity contribution in [3.8, 4) is 0 Å². The number of ether oxygens (including phenoxy) is 2.